The van der Waals surface area contributed by atoms with Crippen molar-refractivity contribution in [3.8, 4) is 11.8 Å². The predicted octanol–water partition coefficient (Wildman–Crippen LogP) is 2.18. The van der Waals surface area contributed by atoms with Gasteiger partial charge in [0.25, 0.3) is 0 Å². The predicted molar refractivity (Wildman–Crippen MR) is 121 cm³/mol. The standard InChI is InChI=1S/C23H21FN8O/c1-4-20(33)31-10-15(7-13(31)2)32-23-21(22(25)26-11-27-23)17(29-32)6-5-14-8-18-19(9-16(14)24)30(3)12-28-18/h4,8-9,11-13,15H,1,7,10H2,2-3H3,(H2,25,26,27)/t13-,15?/m0/s1. The van der Waals surface area contributed by atoms with Crippen LogP contribution in [0.5, 0.6) is 0 Å². The van der Waals surface area contributed by atoms with Crippen LogP contribution < -0.4 is 5.73 Å². The average molecular weight is 444 g/mol. The summed E-state index contributed by atoms with van der Waals surface area (Å²) < 4.78 is 18.1. The molecule has 0 spiro atoms. The van der Waals surface area contributed by atoms with E-state index in [0.29, 0.717) is 40.7 Å². The fourth-order valence-corrected chi connectivity index (χ4v) is 4.31. The lowest BCUT2D eigenvalue weighted by Gasteiger charge is -2.19. The molecule has 9 nitrogen and oxygen atoms in total. The van der Waals surface area contributed by atoms with Crippen molar-refractivity contribution in [1.29, 1.82) is 0 Å². The molecule has 1 amide bonds. The molecule has 0 radical (unpaired) electrons. The van der Waals surface area contributed by atoms with Gasteiger partial charge in [-0.3, -0.25) is 4.79 Å². The van der Waals surface area contributed by atoms with E-state index in [2.05, 4.69) is 38.5 Å². The van der Waals surface area contributed by atoms with Gasteiger partial charge in [0.2, 0.25) is 5.91 Å². The van der Waals surface area contributed by atoms with Crippen molar-refractivity contribution in [3.63, 3.8) is 0 Å². The first kappa shape index (κ1) is 20.6. The average Bonchev–Trinajstić information content (AvgIpc) is 3.47. The Labute approximate surface area is 188 Å². The number of carbonyl (C=O) groups is 1. The van der Waals surface area contributed by atoms with Crippen molar-refractivity contribution >= 4 is 33.8 Å². The molecular formula is C23H21FN8O. The molecule has 1 aliphatic heterocycles. The van der Waals surface area contributed by atoms with Gasteiger partial charge in [-0.25, -0.2) is 24.0 Å². The highest BCUT2D eigenvalue weighted by atomic mass is 19.1. The second kappa shape index (κ2) is 7.70. The number of nitrogens with zero attached hydrogens (tertiary/aromatic N) is 7. The number of halogens is 1. The van der Waals surface area contributed by atoms with Gasteiger partial charge in [-0.05, 0) is 31.4 Å². The molecule has 1 saturated heterocycles. The molecule has 2 atom stereocenters. The number of amides is 1. The van der Waals surface area contributed by atoms with Gasteiger partial charge in [-0.15, -0.1) is 0 Å². The quantitative estimate of drug-likeness (QED) is 0.375. The Hall–Kier alpha value is -4.26. The molecule has 2 N–H and O–H groups in total. The topological polar surface area (TPSA) is 108 Å². The normalized spacial score (nSPS) is 18.0. The molecule has 1 unspecified atom stereocenters. The van der Waals surface area contributed by atoms with Crippen LogP contribution in [0.1, 0.15) is 30.6 Å². The first-order chi connectivity index (χ1) is 15.9. The lowest BCUT2D eigenvalue weighted by molar-refractivity contribution is -0.126. The molecule has 0 saturated carbocycles. The molecular weight excluding hydrogens is 423 g/mol. The van der Waals surface area contributed by atoms with E-state index in [1.807, 2.05) is 6.92 Å². The molecule has 4 aromatic rings. The van der Waals surface area contributed by atoms with Crippen LogP contribution >= 0.6 is 0 Å². The highest BCUT2D eigenvalue weighted by molar-refractivity contribution is 5.91. The summed E-state index contributed by atoms with van der Waals surface area (Å²) in [6, 6.07) is 2.92. The summed E-state index contributed by atoms with van der Waals surface area (Å²) in [6.45, 7) is 6.02. The number of anilines is 1. The number of nitrogens with two attached hydrogens (primary N) is 1. The van der Waals surface area contributed by atoms with Crippen molar-refractivity contribution in [1.82, 2.24) is 34.2 Å². The summed E-state index contributed by atoms with van der Waals surface area (Å²) in [4.78, 5) is 26.6. The number of nitrogen functional groups attached to an aromatic ring is 1. The summed E-state index contributed by atoms with van der Waals surface area (Å²) in [5.74, 6) is 5.46. The zero-order valence-corrected chi connectivity index (χ0v) is 18.2. The first-order valence-corrected chi connectivity index (χ1v) is 10.4. The first-order valence-electron chi connectivity index (χ1n) is 10.4. The van der Waals surface area contributed by atoms with Crippen molar-refractivity contribution in [2.75, 3.05) is 12.3 Å². The number of hydrogen-bond donors (Lipinski definition) is 1. The molecule has 3 aromatic heterocycles. The minimum atomic E-state index is -0.449. The Morgan fingerprint density at radius 3 is 2.91 bits per heavy atom. The maximum Gasteiger partial charge on any atom is 0.246 e. The highest BCUT2D eigenvalue weighted by Gasteiger charge is 2.34. The summed E-state index contributed by atoms with van der Waals surface area (Å²) in [5, 5.41) is 5.16. The van der Waals surface area contributed by atoms with E-state index in [-0.39, 0.29) is 29.4 Å². The van der Waals surface area contributed by atoms with Gasteiger partial charge in [0, 0.05) is 25.7 Å². The van der Waals surface area contributed by atoms with Gasteiger partial charge >= 0.3 is 0 Å². The molecule has 1 aliphatic rings. The van der Waals surface area contributed by atoms with Crippen LogP contribution in [0.3, 0.4) is 0 Å². The number of carbonyl (C=O) groups excluding carboxylic acids is 1. The summed E-state index contributed by atoms with van der Waals surface area (Å²) in [7, 11) is 1.80. The molecule has 0 bridgehead atoms. The van der Waals surface area contributed by atoms with Crippen LogP contribution in [0.25, 0.3) is 22.1 Å². The Kier molecular flexibility index (Phi) is 4.82. The second-order valence-electron chi connectivity index (χ2n) is 8.11. The van der Waals surface area contributed by atoms with Crippen LogP contribution in [0.4, 0.5) is 10.2 Å². The van der Waals surface area contributed by atoms with Gasteiger partial charge < -0.3 is 15.2 Å². The minimum absolute atomic E-state index is 0.0210. The zero-order chi connectivity index (χ0) is 23.3. The molecule has 10 heteroatoms. The third-order valence-electron chi connectivity index (χ3n) is 6.00. The van der Waals surface area contributed by atoms with E-state index in [0.717, 1.165) is 0 Å². The second-order valence-corrected chi connectivity index (χ2v) is 8.11. The Morgan fingerprint density at radius 1 is 1.30 bits per heavy atom. The van der Waals surface area contributed by atoms with Crippen LogP contribution in [0.15, 0.2) is 37.4 Å². The third kappa shape index (κ3) is 3.38. The van der Waals surface area contributed by atoms with Crippen molar-refractivity contribution in [3.05, 3.63) is 54.5 Å². The van der Waals surface area contributed by atoms with Gasteiger partial charge in [0.15, 0.2) is 5.65 Å². The fourth-order valence-electron chi connectivity index (χ4n) is 4.31. The third-order valence-corrected chi connectivity index (χ3v) is 6.00. The number of aromatic nitrogens is 6. The number of rotatable bonds is 2. The lowest BCUT2D eigenvalue weighted by Crippen LogP contribution is -2.32. The number of likely N-dealkylation sites (tertiary alicyclic amines) is 1. The monoisotopic (exact) mass is 444 g/mol. The van der Waals surface area contributed by atoms with Crippen LogP contribution in [-0.2, 0) is 11.8 Å². The fraction of sp³-hybridized carbons (Fsp3) is 0.261. The highest BCUT2D eigenvalue weighted by Crippen LogP contribution is 2.31. The SMILES string of the molecule is C=CC(=O)N1CC(n2nc(C#Cc3cc4ncn(C)c4cc3F)c3c(N)ncnc32)C[C@@H]1C. The Bertz CT molecular complexity index is 1490. The molecule has 5 rings (SSSR count). The van der Waals surface area contributed by atoms with Gasteiger partial charge in [-0.2, -0.15) is 5.10 Å². The van der Waals surface area contributed by atoms with Crippen molar-refractivity contribution in [2.24, 2.45) is 7.05 Å². The smallest absolute Gasteiger partial charge is 0.246 e. The van der Waals surface area contributed by atoms with E-state index < -0.39 is 5.82 Å². The molecule has 1 aromatic carbocycles. The van der Waals surface area contributed by atoms with Crippen molar-refractivity contribution < 1.29 is 9.18 Å². The molecule has 1 fully saturated rings. The number of imidazole rings is 1. The number of benzene rings is 1. The molecule has 4 heterocycles. The minimum Gasteiger partial charge on any atom is -0.383 e. The van der Waals surface area contributed by atoms with E-state index in [1.54, 1.807) is 33.6 Å². The van der Waals surface area contributed by atoms with E-state index in [9.17, 15) is 9.18 Å². The zero-order valence-electron chi connectivity index (χ0n) is 18.2. The van der Waals surface area contributed by atoms with Gasteiger partial charge in [0.1, 0.15) is 23.7 Å². The Morgan fingerprint density at radius 2 is 2.12 bits per heavy atom. The van der Waals surface area contributed by atoms with Crippen LogP contribution in [-0.4, -0.2) is 52.7 Å². The van der Waals surface area contributed by atoms with E-state index >= 15 is 0 Å². The van der Waals surface area contributed by atoms with Gasteiger partial charge in [-0.1, -0.05) is 12.5 Å². The van der Waals surface area contributed by atoms with Gasteiger partial charge in [0.05, 0.1) is 34.4 Å². The maximum atomic E-state index is 14.7. The Balaban J connectivity index is 1.58. The van der Waals surface area contributed by atoms with Crippen LogP contribution in [0.2, 0.25) is 0 Å². The number of fused-ring (bicyclic) bond motifs is 2. The number of aryl methyl sites for hydroxylation is 1. The molecule has 0 aliphatic carbocycles. The lowest BCUT2D eigenvalue weighted by atomic mass is 10.1. The summed E-state index contributed by atoms with van der Waals surface area (Å²) in [6.07, 6.45) is 4.99. The maximum absolute atomic E-state index is 14.7. The largest absolute Gasteiger partial charge is 0.383 e. The van der Waals surface area contributed by atoms with E-state index in [4.69, 9.17) is 5.73 Å². The number of hydrogen-bond acceptors (Lipinski definition) is 6. The summed E-state index contributed by atoms with van der Waals surface area (Å²) >= 11 is 0. The van der Waals surface area contributed by atoms with E-state index in [1.165, 1.54) is 18.5 Å². The van der Waals surface area contributed by atoms with Crippen LogP contribution in [0, 0.1) is 17.7 Å². The summed E-state index contributed by atoms with van der Waals surface area (Å²) in [5.41, 5.74) is 8.54. The molecule has 166 valence electrons. The molecule has 33 heavy (non-hydrogen) atoms. The van der Waals surface area contributed by atoms with Crippen molar-refractivity contribution in [2.45, 2.75) is 25.4 Å².